The maximum Gasteiger partial charge on any atom is 0.243 e. The molecule has 0 saturated carbocycles. The first-order chi connectivity index (χ1) is 16.6. The monoisotopic (exact) mass is 476 g/mol. The Labute approximate surface area is 200 Å². The second-order valence-electron chi connectivity index (χ2n) is 8.45. The molecule has 0 amide bonds. The highest BCUT2D eigenvalue weighted by atomic mass is 32.2. The second-order valence-corrected chi connectivity index (χ2v) is 10.4. The third kappa shape index (κ3) is 4.43. The van der Waals surface area contributed by atoms with Crippen LogP contribution < -0.4 is 4.74 Å². The first kappa shape index (κ1) is 22.6. The van der Waals surface area contributed by atoms with Crippen molar-refractivity contribution in [2.24, 2.45) is 0 Å². The van der Waals surface area contributed by atoms with E-state index in [2.05, 4.69) is 21.7 Å². The molecule has 7 nitrogen and oxygen atoms in total. The van der Waals surface area contributed by atoms with Crippen molar-refractivity contribution < 1.29 is 13.2 Å². The fourth-order valence-corrected chi connectivity index (χ4v) is 6.10. The van der Waals surface area contributed by atoms with Crippen LogP contribution in [0, 0.1) is 0 Å². The van der Waals surface area contributed by atoms with Crippen LogP contribution in [0.3, 0.4) is 0 Å². The fourth-order valence-electron chi connectivity index (χ4n) is 4.63. The van der Waals surface area contributed by atoms with Gasteiger partial charge in [0.15, 0.2) is 5.65 Å². The number of sulfonamides is 1. The molecule has 2 aromatic heterocycles. The van der Waals surface area contributed by atoms with Crippen molar-refractivity contribution >= 4 is 21.2 Å². The van der Waals surface area contributed by atoms with Gasteiger partial charge in [-0.15, -0.1) is 0 Å². The molecule has 1 aliphatic heterocycles. The second kappa shape index (κ2) is 9.56. The van der Waals surface area contributed by atoms with E-state index in [0.29, 0.717) is 49.6 Å². The normalized spacial score (nSPS) is 15.6. The lowest BCUT2D eigenvalue weighted by atomic mass is 10.1. The summed E-state index contributed by atoms with van der Waals surface area (Å²) in [6, 6.07) is 21.0. The molecule has 8 heteroatoms. The van der Waals surface area contributed by atoms with Gasteiger partial charge in [-0.2, -0.15) is 4.31 Å². The first-order valence-corrected chi connectivity index (χ1v) is 13.1. The molecule has 0 bridgehead atoms. The Morgan fingerprint density at radius 1 is 0.971 bits per heavy atom. The lowest BCUT2D eigenvalue weighted by Crippen LogP contribution is -2.39. The van der Waals surface area contributed by atoms with Gasteiger partial charge in [-0.3, -0.25) is 0 Å². The molecule has 2 aromatic carbocycles. The standard InChI is InChI=1S/C26H28N4O3S/c1-2-33-22-10-12-23(13-11-22)34(31,32)29-17-14-21(15-18-29)30-25(19-20-7-4-3-5-8-20)28-24-9-6-16-27-26(24)30/h3-13,16,21H,2,14-15,17-19H2,1H3. The number of imidazole rings is 1. The lowest BCUT2D eigenvalue weighted by molar-refractivity contribution is 0.274. The van der Waals surface area contributed by atoms with Crippen molar-refractivity contribution in [3.05, 3.63) is 84.3 Å². The summed E-state index contributed by atoms with van der Waals surface area (Å²) in [6.07, 6.45) is 3.92. The molecule has 4 aromatic rings. The maximum absolute atomic E-state index is 13.2. The van der Waals surface area contributed by atoms with Gasteiger partial charge in [0.05, 0.1) is 11.5 Å². The van der Waals surface area contributed by atoms with Gasteiger partial charge in [0, 0.05) is 31.7 Å². The molecule has 0 radical (unpaired) electrons. The lowest BCUT2D eigenvalue weighted by Gasteiger charge is -2.32. The van der Waals surface area contributed by atoms with E-state index in [9.17, 15) is 8.42 Å². The fraction of sp³-hybridized carbons (Fsp3) is 0.308. The van der Waals surface area contributed by atoms with Crippen molar-refractivity contribution in [3.63, 3.8) is 0 Å². The van der Waals surface area contributed by atoms with Crippen LogP contribution in [0.25, 0.3) is 11.2 Å². The summed E-state index contributed by atoms with van der Waals surface area (Å²) >= 11 is 0. The molecule has 0 N–H and O–H groups in total. The van der Waals surface area contributed by atoms with Crippen molar-refractivity contribution in [2.45, 2.75) is 37.1 Å². The molecule has 0 aliphatic carbocycles. The third-order valence-electron chi connectivity index (χ3n) is 6.29. The predicted octanol–water partition coefficient (Wildman–Crippen LogP) is 4.45. The van der Waals surface area contributed by atoms with Crippen LogP contribution in [-0.2, 0) is 16.4 Å². The van der Waals surface area contributed by atoms with Crippen molar-refractivity contribution in [1.82, 2.24) is 18.8 Å². The maximum atomic E-state index is 13.2. The topological polar surface area (TPSA) is 77.3 Å². The number of hydrogen-bond acceptors (Lipinski definition) is 5. The Kier molecular flexibility index (Phi) is 6.34. The minimum absolute atomic E-state index is 0.144. The minimum Gasteiger partial charge on any atom is -0.494 e. The van der Waals surface area contributed by atoms with Crippen LogP contribution >= 0.6 is 0 Å². The number of aromatic nitrogens is 3. The molecule has 0 atom stereocenters. The van der Waals surface area contributed by atoms with Crippen LogP contribution in [0.4, 0.5) is 0 Å². The highest BCUT2D eigenvalue weighted by Crippen LogP contribution is 2.31. The van der Waals surface area contributed by atoms with Crippen LogP contribution in [0.1, 0.15) is 37.2 Å². The molecule has 0 spiro atoms. The van der Waals surface area contributed by atoms with Crippen LogP contribution in [0.15, 0.2) is 77.8 Å². The van der Waals surface area contributed by atoms with E-state index in [1.165, 1.54) is 5.56 Å². The van der Waals surface area contributed by atoms with Gasteiger partial charge < -0.3 is 9.30 Å². The zero-order valence-corrected chi connectivity index (χ0v) is 20.0. The van der Waals surface area contributed by atoms with E-state index < -0.39 is 10.0 Å². The largest absolute Gasteiger partial charge is 0.494 e. The SMILES string of the molecule is CCOc1ccc(S(=O)(=O)N2CCC(n3c(Cc4ccccc4)nc4cccnc43)CC2)cc1. The summed E-state index contributed by atoms with van der Waals surface area (Å²) in [5, 5.41) is 0. The van der Waals surface area contributed by atoms with Gasteiger partial charge in [-0.05, 0) is 61.7 Å². The summed E-state index contributed by atoms with van der Waals surface area (Å²) in [6.45, 7) is 3.36. The smallest absolute Gasteiger partial charge is 0.243 e. The molecule has 1 saturated heterocycles. The quantitative estimate of drug-likeness (QED) is 0.394. The van der Waals surface area contributed by atoms with Crippen LogP contribution in [0.5, 0.6) is 5.75 Å². The molecule has 176 valence electrons. The number of hydrogen-bond donors (Lipinski definition) is 0. The van der Waals surface area contributed by atoms with E-state index >= 15 is 0 Å². The van der Waals surface area contributed by atoms with Gasteiger partial charge in [0.2, 0.25) is 10.0 Å². The molecule has 1 aliphatic rings. The molecule has 0 unspecified atom stereocenters. The Balaban J connectivity index is 1.37. The van der Waals surface area contributed by atoms with Crippen LogP contribution in [0.2, 0.25) is 0 Å². The number of piperidine rings is 1. The van der Waals surface area contributed by atoms with Gasteiger partial charge in [0.25, 0.3) is 0 Å². The van der Waals surface area contributed by atoms with Gasteiger partial charge in [-0.1, -0.05) is 30.3 Å². The summed E-state index contributed by atoms with van der Waals surface area (Å²) in [5.74, 6) is 1.64. The minimum atomic E-state index is -3.55. The van der Waals surface area contributed by atoms with Crippen LogP contribution in [-0.4, -0.2) is 47.0 Å². The summed E-state index contributed by atoms with van der Waals surface area (Å²) in [7, 11) is -3.55. The number of nitrogens with zero attached hydrogens (tertiary/aromatic N) is 4. The molecular formula is C26H28N4O3S. The predicted molar refractivity (Wildman–Crippen MR) is 131 cm³/mol. The zero-order chi connectivity index (χ0) is 23.5. The van der Waals surface area contributed by atoms with Crippen molar-refractivity contribution in [2.75, 3.05) is 19.7 Å². The summed E-state index contributed by atoms with van der Waals surface area (Å²) in [5.41, 5.74) is 2.92. The molecule has 1 fully saturated rings. The number of benzene rings is 2. The molecule has 5 rings (SSSR count). The van der Waals surface area contributed by atoms with Gasteiger partial charge in [0.1, 0.15) is 17.1 Å². The number of pyridine rings is 1. The van der Waals surface area contributed by atoms with Crippen molar-refractivity contribution in [1.29, 1.82) is 0 Å². The number of rotatable bonds is 7. The Morgan fingerprint density at radius 2 is 1.71 bits per heavy atom. The average molecular weight is 477 g/mol. The molecule has 34 heavy (non-hydrogen) atoms. The third-order valence-corrected chi connectivity index (χ3v) is 8.20. The van der Waals surface area contributed by atoms with E-state index in [0.717, 1.165) is 17.0 Å². The first-order valence-electron chi connectivity index (χ1n) is 11.6. The zero-order valence-electron chi connectivity index (χ0n) is 19.2. The van der Waals surface area contributed by atoms with Gasteiger partial charge in [-0.25, -0.2) is 18.4 Å². The Morgan fingerprint density at radius 3 is 2.41 bits per heavy atom. The summed E-state index contributed by atoms with van der Waals surface area (Å²) < 4.78 is 35.7. The Bertz CT molecular complexity index is 1360. The van der Waals surface area contributed by atoms with Gasteiger partial charge >= 0.3 is 0 Å². The summed E-state index contributed by atoms with van der Waals surface area (Å²) in [4.78, 5) is 9.79. The Hall–Kier alpha value is -3.23. The number of ether oxygens (including phenoxy) is 1. The molecule has 3 heterocycles. The van der Waals surface area contributed by atoms with E-state index in [-0.39, 0.29) is 6.04 Å². The number of fused-ring (bicyclic) bond motifs is 1. The average Bonchev–Trinajstić information content (AvgIpc) is 3.23. The van der Waals surface area contributed by atoms with E-state index in [4.69, 9.17) is 9.72 Å². The highest BCUT2D eigenvalue weighted by Gasteiger charge is 2.31. The van der Waals surface area contributed by atoms with Crippen molar-refractivity contribution in [3.8, 4) is 5.75 Å². The van der Waals surface area contributed by atoms with E-state index in [1.54, 1.807) is 34.8 Å². The highest BCUT2D eigenvalue weighted by molar-refractivity contribution is 7.89. The molecular weight excluding hydrogens is 448 g/mol. The van der Waals surface area contributed by atoms with E-state index in [1.807, 2.05) is 37.3 Å².